The summed E-state index contributed by atoms with van der Waals surface area (Å²) < 4.78 is 6.44. The van der Waals surface area contributed by atoms with Crippen LogP contribution >= 0.6 is 22.6 Å². The molecule has 2 rings (SSSR count). The lowest BCUT2D eigenvalue weighted by Crippen LogP contribution is -2.50. The maximum atomic E-state index is 12.2. The summed E-state index contributed by atoms with van der Waals surface area (Å²) in [6.45, 7) is 10.1. The number of aliphatic carboxylic acids is 1. The highest BCUT2D eigenvalue weighted by atomic mass is 127. The highest BCUT2D eigenvalue weighted by Crippen LogP contribution is 2.28. The first-order valence-corrected chi connectivity index (χ1v) is 9.38. The van der Waals surface area contributed by atoms with Crippen LogP contribution in [0.5, 0.6) is 0 Å². The number of carbonyl (C=O) groups excluding carboxylic acids is 1. The molecule has 0 atom stereocenters. The molecule has 1 fully saturated rings. The predicted molar refractivity (Wildman–Crippen MR) is 105 cm³/mol. The van der Waals surface area contributed by atoms with Crippen LogP contribution in [0.1, 0.15) is 31.9 Å². The summed E-state index contributed by atoms with van der Waals surface area (Å²) in [6, 6.07) is 3.99. The van der Waals surface area contributed by atoms with Gasteiger partial charge in [0.2, 0.25) is 0 Å². The Labute approximate surface area is 162 Å². The number of carboxylic acids is 1. The molecule has 0 unspecified atom stereocenters. The van der Waals surface area contributed by atoms with Gasteiger partial charge in [0.25, 0.3) is 0 Å². The third-order valence-corrected chi connectivity index (χ3v) is 4.69. The van der Waals surface area contributed by atoms with Crippen molar-refractivity contribution in [1.29, 1.82) is 0 Å². The van der Waals surface area contributed by atoms with Crippen LogP contribution in [-0.2, 0) is 16.0 Å². The van der Waals surface area contributed by atoms with Crippen LogP contribution in [0.4, 0.5) is 10.5 Å². The van der Waals surface area contributed by atoms with Gasteiger partial charge >= 0.3 is 12.1 Å². The molecular formula is C18H25IN2O4. The second-order valence-corrected chi connectivity index (χ2v) is 8.48. The highest BCUT2D eigenvalue weighted by molar-refractivity contribution is 14.1. The minimum absolute atomic E-state index is 0.0214. The molecule has 1 aliphatic rings. The zero-order valence-electron chi connectivity index (χ0n) is 15.1. The van der Waals surface area contributed by atoms with Crippen LogP contribution in [0.15, 0.2) is 12.1 Å². The second-order valence-electron chi connectivity index (χ2n) is 7.23. The standard InChI is InChI=1S/C18H25IN2O4/c1-12-13(10-16(22)23)9-14(19)11-15(12)20-5-7-21(8-6-20)17(24)25-18(2,3)4/h9,11H,5-8,10H2,1-4H3,(H,22,23). The van der Waals surface area contributed by atoms with Gasteiger partial charge in [-0.05, 0) is 73.5 Å². The van der Waals surface area contributed by atoms with E-state index in [-0.39, 0.29) is 12.5 Å². The number of rotatable bonds is 3. The largest absolute Gasteiger partial charge is 0.481 e. The van der Waals surface area contributed by atoms with Gasteiger partial charge in [0, 0.05) is 35.4 Å². The zero-order valence-corrected chi connectivity index (χ0v) is 17.3. The van der Waals surface area contributed by atoms with E-state index in [1.54, 1.807) is 4.90 Å². The normalized spacial score (nSPS) is 15.2. The van der Waals surface area contributed by atoms with Crippen LogP contribution < -0.4 is 4.90 Å². The molecular weight excluding hydrogens is 435 g/mol. The summed E-state index contributed by atoms with van der Waals surface area (Å²) in [5.41, 5.74) is 2.39. The maximum absolute atomic E-state index is 12.2. The molecule has 1 amide bonds. The molecule has 7 heteroatoms. The predicted octanol–water partition coefficient (Wildman–Crippen LogP) is 3.28. The van der Waals surface area contributed by atoms with Crippen molar-refractivity contribution in [3.63, 3.8) is 0 Å². The SMILES string of the molecule is Cc1c(CC(=O)O)cc(I)cc1N1CCN(C(=O)OC(C)(C)C)CC1. The number of hydrogen-bond acceptors (Lipinski definition) is 4. The summed E-state index contributed by atoms with van der Waals surface area (Å²) in [5, 5.41) is 9.10. The first kappa shape index (κ1) is 19.8. The molecule has 0 aromatic heterocycles. The molecule has 0 radical (unpaired) electrons. The lowest BCUT2D eigenvalue weighted by molar-refractivity contribution is -0.136. The van der Waals surface area contributed by atoms with E-state index in [1.165, 1.54) is 0 Å². The Bertz CT molecular complexity index is 662. The molecule has 6 nitrogen and oxygen atoms in total. The molecule has 25 heavy (non-hydrogen) atoms. The molecule has 1 saturated heterocycles. The molecule has 0 spiro atoms. The fourth-order valence-electron chi connectivity index (χ4n) is 2.85. The van der Waals surface area contributed by atoms with E-state index >= 15 is 0 Å². The van der Waals surface area contributed by atoms with Gasteiger partial charge in [-0.15, -0.1) is 0 Å². The maximum Gasteiger partial charge on any atom is 0.410 e. The Morgan fingerprint density at radius 3 is 2.32 bits per heavy atom. The molecule has 1 aromatic rings. The van der Waals surface area contributed by atoms with E-state index in [0.717, 1.165) is 20.4 Å². The fraction of sp³-hybridized carbons (Fsp3) is 0.556. The van der Waals surface area contributed by atoms with Crippen LogP contribution in [-0.4, -0.2) is 53.8 Å². The fourth-order valence-corrected chi connectivity index (χ4v) is 3.52. The van der Waals surface area contributed by atoms with Crippen LogP contribution in [0.25, 0.3) is 0 Å². The van der Waals surface area contributed by atoms with Crippen molar-refractivity contribution in [2.45, 2.75) is 39.7 Å². The summed E-state index contributed by atoms with van der Waals surface area (Å²) >= 11 is 2.22. The van der Waals surface area contributed by atoms with Crippen LogP contribution in [0.2, 0.25) is 0 Å². The van der Waals surface area contributed by atoms with Crippen molar-refractivity contribution in [2.24, 2.45) is 0 Å². The van der Waals surface area contributed by atoms with Crippen molar-refractivity contribution in [2.75, 3.05) is 31.1 Å². The monoisotopic (exact) mass is 460 g/mol. The molecule has 138 valence electrons. The van der Waals surface area contributed by atoms with Crippen molar-refractivity contribution >= 4 is 40.3 Å². The van der Waals surface area contributed by atoms with E-state index in [4.69, 9.17) is 9.84 Å². The number of piperazine rings is 1. The molecule has 1 aliphatic heterocycles. The number of amides is 1. The Kier molecular flexibility index (Phi) is 6.18. The summed E-state index contributed by atoms with van der Waals surface area (Å²) in [5.74, 6) is -0.828. The minimum atomic E-state index is -0.828. The van der Waals surface area contributed by atoms with E-state index in [9.17, 15) is 9.59 Å². The average molecular weight is 460 g/mol. The van der Waals surface area contributed by atoms with Gasteiger partial charge in [-0.2, -0.15) is 0 Å². The number of carboxylic acid groups (broad SMARTS) is 1. The van der Waals surface area contributed by atoms with Crippen LogP contribution in [0, 0.1) is 10.5 Å². The van der Waals surface area contributed by atoms with Crippen molar-refractivity contribution in [3.8, 4) is 0 Å². The van der Waals surface area contributed by atoms with E-state index in [1.807, 2.05) is 33.8 Å². The number of carbonyl (C=O) groups is 2. The third-order valence-electron chi connectivity index (χ3n) is 4.07. The third kappa shape index (κ3) is 5.49. The number of ether oxygens (including phenoxy) is 1. The zero-order chi connectivity index (χ0) is 18.8. The van der Waals surface area contributed by atoms with Gasteiger partial charge in [0.05, 0.1) is 6.42 Å². The number of hydrogen-bond donors (Lipinski definition) is 1. The van der Waals surface area contributed by atoms with Gasteiger partial charge in [-0.25, -0.2) is 4.79 Å². The first-order chi connectivity index (χ1) is 11.6. The van der Waals surface area contributed by atoms with Gasteiger partial charge in [-0.3, -0.25) is 4.79 Å². The van der Waals surface area contributed by atoms with Gasteiger partial charge in [0.1, 0.15) is 5.60 Å². The highest BCUT2D eigenvalue weighted by Gasteiger charge is 2.26. The van der Waals surface area contributed by atoms with Crippen molar-refractivity contribution < 1.29 is 19.4 Å². The van der Waals surface area contributed by atoms with Gasteiger partial charge < -0.3 is 19.6 Å². The summed E-state index contributed by atoms with van der Waals surface area (Å²) in [6.07, 6.45) is -0.258. The Hall–Kier alpha value is -1.51. The van der Waals surface area contributed by atoms with E-state index in [0.29, 0.717) is 26.2 Å². The van der Waals surface area contributed by atoms with Crippen molar-refractivity contribution in [3.05, 3.63) is 26.8 Å². The Morgan fingerprint density at radius 1 is 1.20 bits per heavy atom. The smallest absolute Gasteiger partial charge is 0.410 e. The average Bonchev–Trinajstić information content (AvgIpc) is 2.48. The lowest BCUT2D eigenvalue weighted by Gasteiger charge is -2.37. The summed E-state index contributed by atoms with van der Waals surface area (Å²) in [7, 11) is 0. The molecule has 1 heterocycles. The summed E-state index contributed by atoms with van der Waals surface area (Å²) in [4.78, 5) is 27.2. The molecule has 0 aliphatic carbocycles. The van der Waals surface area contributed by atoms with Crippen molar-refractivity contribution in [1.82, 2.24) is 4.90 Å². The number of halogens is 1. The minimum Gasteiger partial charge on any atom is -0.481 e. The van der Waals surface area contributed by atoms with Crippen LogP contribution in [0.3, 0.4) is 0 Å². The van der Waals surface area contributed by atoms with E-state index < -0.39 is 11.6 Å². The molecule has 1 aromatic carbocycles. The lowest BCUT2D eigenvalue weighted by atomic mass is 10.0. The molecule has 0 bridgehead atoms. The first-order valence-electron chi connectivity index (χ1n) is 8.30. The molecule has 0 saturated carbocycles. The second kappa shape index (κ2) is 7.80. The van der Waals surface area contributed by atoms with E-state index in [2.05, 4.69) is 33.6 Å². The van der Waals surface area contributed by atoms with Gasteiger partial charge in [-0.1, -0.05) is 0 Å². The number of anilines is 1. The Balaban J connectivity index is 2.09. The quantitative estimate of drug-likeness (QED) is 0.702. The molecule has 1 N–H and O–H groups in total. The number of nitrogens with zero attached hydrogens (tertiary/aromatic N) is 2. The topological polar surface area (TPSA) is 70.1 Å². The van der Waals surface area contributed by atoms with Gasteiger partial charge in [0.15, 0.2) is 0 Å². The number of benzene rings is 1. The Morgan fingerprint density at radius 2 is 1.80 bits per heavy atom.